The lowest BCUT2D eigenvalue weighted by atomic mass is 9.90. The van der Waals surface area contributed by atoms with Crippen LogP contribution in [0.5, 0.6) is 0 Å². The molecule has 1 aliphatic rings. The van der Waals surface area contributed by atoms with Gasteiger partial charge in [0.25, 0.3) is 0 Å². The molecule has 15 heavy (non-hydrogen) atoms. The van der Waals surface area contributed by atoms with Gasteiger partial charge in [0, 0.05) is 25.6 Å². The van der Waals surface area contributed by atoms with Crippen molar-refractivity contribution in [2.45, 2.75) is 52.5 Å². The number of nitrogens with zero attached hydrogens (tertiary/aromatic N) is 1. The first-order valence-corrected chi connectivity index (χ1v) is 5.93. The highest BCUT2D eigenvalue weighted by molar-refractivity contribution is 5.77. The first-order chi connectivity index (χ1) is 6.94. The highest BCUT2D eigenvalue weighted by Crippen LogP contribution is 2.23. The zero-order valence-electron chi connectivity index (χ0n) is 10.3. The molecule has 3 heteroatoms. The second kappa shape index (κ2) is 4.97. The van der Waals surface area contributed by atoms with Gasteiger partial charge in [-0.15, -0.1) is 0 Å². The third-order valence-corrected chi connectivity index (χ3v) is 2.90. The molecule has 0 spiro atoms. The molecule has 1 saturated heterocycles. The molecule has 1 heterocycles. The van der Waals surface area contributed by atoms with Crippen LogP contribution in [0.15, 0.2) is 0 Å². The smallest absolute Gasteiger partial charge is 0.223 e. The van der Waals surface area contributed by atoms with E-state index < -0.39 is 0 Å². The maximum absolute atomic E-state index is 12.1. The molecule has 88 valence electrons. The Labute approximate surface area is 93.0 Å². The van der Waals surface area contributed by atoms with Gasteiger partial charge in [0.05, 0.1) is 0 Å². The minimum absolute atomic E-state index is 0.0771. The molecule has 0 aromatic carbocycles. The maximum atomic E-state index is 12.1. The van der Waals surface area contributed by atoms with Gasteiger partial charge in [-0.25, -0.2) is 0 Å². The van der Waals surface area contributed by atoms with Crippen LogP contribution in [-0.4, -0.2) is 29.9 Å². The molecule has 1 atom stereocenters. The van der Waals surface area contributed by atoms with Crippen molar-refractivity contribution in [2.75, 3.05) is 13.1 Å². The lowest BCUT2D eigenvalue weighted by Gasteiger charge is -2.36. The van der Waals surface area contributed by atoms with E-state index in [4.69, 9.17) is 5.73 Å². The van der Waals surface area contributed by atoms with E-state index >= 15 is 0 Å². The molecular weight excluding hydrogens is 188 g/mol. The van der Waals surface area contributed by atoms with Crippen LogP contribution in [-0.2, 0) is 4.79 Å². The van der Waals surface area contributed by atoms with Crippen LogP contribution in [0.25, 0.3) is 0 Å². The van der Waals surface area contributed by atoms with Crippen LogP contribution < -0.4 is 5.73 Å². The first kappa shape index (κ1) is 12.5. The van der Waals surface area contributed by atoms with Crippen LogP contribution in [0.2, 0.25) is 0 Å². The van der Waals surface area contributed by atoms with Crippen molar-refractivity contribution in [1.82, 2.24) is 4.90 Å². The second-order valence-corrected chi connectivity index (χ2v) is 5.71. The fraction of sp³-hybridized carbons (Fsp3) is 0.917. The van der Waals surface area contributed by atoms with Crippen LogP contribution in [0, 0.1) is 5.41 Å². The zero-order chi connectivity index (χ0) is 11.5. The van der Waals surface area contributed by atoms with E-state index in [2.05, 4.69) is 20.8 Å². The average molecular weight is 212 g/mol. The van der Waals surface area contributed by atoms with E-state index in [-0.39, 0.29) is 17.4 Å². The van der Waals surface area contributed by atoms with Gasteiger partial charge in [-0.3, -0.25) is 4.79 Å². The van der Waals surface area contributed by atoms with Crippen molar-refractivity contribution in [1.29, 1.82) is 0 Å². The highest BCUT2D eigenvalue weighted by Gasteiger charge is 2.28. The Hall–Kier alpha value is -0.570. The van der Waals surface area contributed by atoms with Gasteiger partial charge < -0.3 is 10.6 Å². The summed E-state index contributed by atoms with van der Waals surface area (Å²) in [6, 6.07) is 0.286. The summed E-state index contributed by atoms with van der Waals surface area (Å²) >= 11 is 0. The number of hydrogen-bond acceptors (Lipinski definition) is 2. The molecule has 2 N–H and O–H groups in total. The summed E-state index contributed by atoms with van der Waals surface area (Å²) < 4.78 is 0. The van der Waals surface area contributed by atoms with E-state index in [1.54, 1.807) is 0 Å². The zero-order valence-corrected chi connectivity index (χ0v) is 10.3. The van der Waals surface area contributed by atoms with Crippen LogP contribution in [0.4, 0.5) is 0 Å². The fourth-order valence-corrected chi connectivity index (χ4v) is 2.13. The van der Waals surface area contributed by atoms with Gasteiger partial charge in [-0.1, -0.05) is 20.8 Å². The Kier molecular flexibility index (Phi) is 4.14. The van der Waals surface area contributed by atoms with Crippen molar-refractivity contribution < 1.29 is 4.79 Å². The minimum atomic E-state index is 0.0771. The topological polar surface area (TPSA) is 46.3 Å². The Balaban J connectivity index is 2.56. The molecule has 1 amide bonds. The number of piperidine rings is 1. The molecule has 1 rings (SSSR count). The molecule has 0 radical (unpaired) electrons. The van der Waals surface area contributed by atoms with Gasteiger partial charge in [-0.05, 0) is 24.7 Å². The molecule has 0 unspecified atom stereocenters. The van der Waals surface area contributed by atoms with Crippen molar-refractivity contribution in [3.63, 3.8) is 0 Å². The Bertz CT molecular complexity index is 220. The standard InChI is InChI=1S/C12H24N2O/c1-12(2,3)8-11(15)14-7-5-4-6-10(14)9-13/h10H,4-9,13H2,1-3H3/t10-/m1/s1. The molecule has 0 aromatic heterocycles. The number of amides is 1. The van der Waals surface area contributed by atoms with Gasteiger partial charge in [0.15, 0.2) is 0 Å². The molecule has 1 fully saturated rings. The molecular formula is C12H24N2O. The second-order valence-electron chi connectivity index (χ2n) is 5.71. The van der Waals surface area contributed by atoms with Crippen LogP contribution >= 0.6 is 0 Å². The summed E-state index contributed by atoms with van der Waals surface area (Å²) in [5.41, 5.74) is 5.78. The largest absolute Gasteiger partial charge is 0.338 e. The SMILES string of the molecule is CC(C)(C)CC(=O)N1CCCC[C@@H]1CN. The first-order valence-electron chi connectivity index (χ1n) is 5.93. The van der Waals surface area contributed by atoms with Gasteiger partial charge in [-0.2, -0.15) is 0 Å². The number of rotatable bonds is 2. The predicted molar refractivity (Wildman–Crippen MR) is 62.5 cm³/mol. The maximum Gasteiger partial charge on any atom is 0.223 e. The third kappa shape index (κ3) is 3.82. The van der Waals surface area contributed by atoms with Crippen LogP contribution in [0.1, 0.15) is 46.5 Å². The molecule has 3 nitrogen and oxygen atoms in total. The van der Waals surface area contributed by atoms with Gasteiger partial charge >= 0.3 is 0 Å². The number of nitrogens with two attached hydrogens (primary N) is 1. The summed E-state index contributed by atoms with van der Waals surface area (Å²) in [6.45, 7) is 7.82. The summed E-state index contributed by atoms with van der Waals surface area (Å²) in [7, 11) is 0. The highest BCUT2D eigenvalue weighted by atomic mass is 16.2. The van der Waals surface area contributed by atoms with Crippen molar-refractivity contribution in [2.24, 2.45) is 11.1 Å². The number of carbonyl (C=O) groups is 1. The Morgan fingerprint density at radius 2 is 2.07 bits per heavy atom. The van der Waals surface area contributed by atoms with Gasteiger partial charge in [0.1, 0.15) is 0 Å². The average Bonchev–Trinajstić information content (AvgIpc) is 2.15. The van der Waals surface area contributed by atoms with Crippen LogP contribution in [0.3, 0.4) is 0 Å². The third-order valence-electron chi connectivity index (χ3n) is 2.90. The summed E-state index contributed by atoms with van der Waals surface area (Å²) in [4.78, 5) is 14.0. The Morgan fingerprint density at radius 1 is 1.40 bits per heavy atom. The van der Waals surface area contributed by atoms with Gasteiger partial charge in [0.2, 0.25) is 5.91 Å². The molecule has 0 saturated carbocycles. The van der Waals surface area contributed by atoms with E-state index in [1.807, 2.05) is 4.90 Å². The molecule has 0 bridgehead atoms. The molecule has 1 aliphatic heterocycles. The summed E-state index contributed by atoms with van der Waals surface area (Å²) in [5, 5.41) is 0. The predicted octanol–water partition coefficient (Wildman–Crippen LogP) is 1.76. The molecule has 0 aromatic rings. The normalized spacial score (nSPS) is 22.9. The number of carbonyl (C=O) groups excluding carboxylic acids is 1. The monoisotopic (exact) mass is 212 g/mol. The summed E-state index contributed by atoms with van der Waals surface area (Å²) in [5.74, 6) is 0.276. The van der Waals surface area contributed by atoms with E-state index in [0.29, 0.717) is 13.0 Å². The van der Waals surface area contributed by atoms with E-state index in [1.165, 1.54) is 6.42 Å². The lowest BCUT2D eigenvalue weighted by molar-refractivity contribution is -0.136. The van der Waals surface area contributed by atoms with Crippen molar-refractivity contribution in [3.8, 4) is 0 Å². The Morgan fingerprint density at radius 3 is 2.60 bits per heavy atom. The number of likely N-dealkylation sites (tertiary alicyclic amines) is 1. The summed E-state index contributed by atoms with van der Waals surface area (Å²) in [6.07, 6.45) is 4.05. The molecule has 0 aliphatic carbocycles. The van der Waals surface area contributed by atoms with E-state index in [9.17, 15) is 4.79 Å². The lowest BCUT2D eigenvalue weighted by Crippen LogP contribution is -2.48. The van der Waals surface area contributed by atoms with E-state index in [0.717, 1.165) is 19.4 Å². The van der Waals surface area contributed by atoms with Crippen molar-refractivity contribution >= 4 is 5.91 Å². The fourth-order valence-electron chi connectivity index (χ4n) is 2.13. The minimum Gasteiger partial charge on any atom is -0.338 e. The quantitative estimate of drug-likeness (QED) is 0.758. The van der Waals surface area contributed by atoms with Crippen molar-refractivity contribution in [3.05, 3.63) is 0 Å². The number of hydrogen-bond donors (Lipinski definition) is 1.